The summed E-state index contributed by atoms with van der Waals surface area (Å²) in [6.07, 6.45) is -2.03. The Labute approximate surface area is 167 Å². The molecule has 3 rings (SSSR count). The van der Waals surface area contributed by atoms with Gasteiger partial charge in [-0.05, 0) is 37.3 Å². The summed E-state index contributed by atoms with van der Waals surface area (Å²) in [6.45, 7) is 1.59. The topological polar surface area (TPSA) is 96.5 Å². The highest BCUT2D eigenvalue weighted by Crippen LogP contribution is 2.32. The molecule has 0 spiro atoms. The Kier molecular flexibility index (Phi) is 5.52. The monoisotopic (exact) mass is 420 g/mol. The van der Waals surface area contributed by atoms with Crippen LogP contribution in [0.4, 0.5) is 13.2 Å². The van der Waals surface area contributed by atoms with Gasteiger partial charge >= 0.3 is 6.18 Å². The van der Waals surface area contributed by atoms with Crippen molar-refractivity contribution in [2.75, 3.05) is 0 Å². The predicted molar refractivity (Wildman–Crippen MR) is 96.2 cm³/mol. The van der Waals surface area contributed by atoms with Crippen LogP contribution in [0.2, 0.25) is 5.02 Å². The van der Waals surface area contributed by atoms with Gasteiger partial charge in [0.15, 0.2) is 11.6 Å². The zero-order valence-corrected chi connectivity index (χ0v) is 15.5. The molecule has 1 aromatic carbocycles. The van der Waals surface area contributed by atoms with Gasteiger partial charge in [0.1, 0.15) is 12.4 Å². The molecule has 0 saturated heterocycles. The van der Waals surface area contributed by atoms with Gasteiger partial charge in [-0.3, -0.25) is 4.79 Å². The molecule has 0 radical (unpaired) electrons. The van der Waals surface area contributed by atoms with Crippen LogP contribution < -0.4 is 5.32 Å². The Hall–Kier alpha value is -3.45. The highest BCUT2D eigenvalue weighted by atomic mass is 35.5. The second kappa shape index (κ2) is 7.89. The van der Waals surface area contributed by atoms with Crippen LogP contribution in [0, 0.1) is 11.3 Å². The molecule has 0 aliphatic carbocycles. The molecule has 1 N–H and O–H groups in total. The number of carbonyl (C=O) groups is 1. The third-order valence-electron chi connectivity index (χ3n) is 3.89. The molecule has 0 fully saturated rings. The first-order chi connectivity index (χ1) is 13.7. The minimum absolute atomic E-state index is 0.206. The maximum Gasteiger partial charge on any atom is 0.416 e. The summed E-state index contributed by atoms with van der Waals surface area (Å²) >= 11 is 5.73. The van der Waals surface area contributed by atoms with Crippen LogP contribution >= 0.6 is 11.6 Å². The van der Waals surface area contributed by atoms with Crippen molar-refractivity contribution in [1.29, 1.82) is 5.26 Å². The fraction of sp³-hybridized carbons (Fsp3) is 0.167. The Bertz CT molecular complexity index is 1090. The fourth-order valence-corrected chi connectivity index (χ4v) is 2.76. The second-order valence-corrected chi connectivity index (χ2v) is 6.40. The van der Waals surface area contributed by atoms with E-state index in [0.717, 1.165) is 18.2 Å². The van der Waals surface area contributed by atoms with Crippen LogP contribution in [0.1, 0.15) is 40.3 Å². The molecule has 11 heteroatoms. The number of alkyl halides is 3. The number of rotatable bonds is 4. The van der Waals surface area contributed by atoms with Crippen molar-refractivity contribution >= 4 is 17.5 Å². The Morgan fingerprint density at radius 1 is 1.28 bits per heavy atom. The molecule has 29 heavy (non-hydrogen) atoms. The van der Waals surface area contributed by atoms with E-state index in [0.29, 0.717) is 17.2 Å². The van der Waals surface area contributed by atoms with E-state index in [1.807, 2.05) is 6.07 Å². The van der Waals surface area contributed by atoms with E-state index in [-0.39, 0.29) is 10.6 Å². The number of hydrogen-bond acceptors (Lipinski definition) is 5. The van der Waals surface area contributed by atoms with Gasteiger partial charge in [0.25, 0.3) is 5.91 Å². The summed E-state index contributed by atoms with van der Waals surface area (Å²) in [5.41, 5.74) is -0.898. The molecule has 0 saturated carbocycles. The summed E-state index contributed by atoms with van der Waals surface area (Å²) in [5, 5.41) is 15.3. The quantitative estimate of drug-likeness (QED) is 0.694. The molecule has 1 atom stereocenters. The second-order valence-electron chi connectivity index (χ2n) is 5.97. The number of aromatic nitrogens is 4. The lowest BCUT2D eigenvalue weighted by atomic mass is 10.1. The first-order valence-corrected chi connectivity index (χ1v) is 8.52. The number of carbonyl (C=O) groups excluding carboxylic acids is 1. The third-order valence-corrected chi connectivity index (χ3v) is 4.11. The SMILES string of the molecule is C[C@H](NC(=O)c1cc(Cl)cc(C(F)(F)F)c1)c1ncnn1-c1ccc(C#N)cn1. The van der Waals surface area contributed by atoms with Gasteiger partial charge in [0.05, 0.1) is 17.2 Å². The van der Waals surface area contributed by atoms with Crippen LogP contribution in [0.5, 0.6) is 0 Å². The van der Waals surface area contributed by atoms with E-state index in [4.69, 9.17) is 16.9 Å². The van der Waals surface area contributed by atoms with Crippen molar-refractivity contribution in [2.24, 2.45) is 0 Å². The average Bonchev–Trinajstić information content (AvgIpc) is 3.17. The molecule has 3 aromatic rings. The number of benzene rings is 1. The van der Waals surface area contributed by atoms with Crippen LogP contribution in [0.15, 0.2) is 42.9 Å². The van der Waals surface area contributed by atoms with Crippen LogP contribution in [-0.4, -0.2) is 25.7 Å². The summed E-state index contributed by atoms with van der Waals surface area (Å²) in [5.74, 6) is -0.0961. The van der Waals surface area contributed by atoms with E-state index in [1.165, 1.54) is 17.2 Å². The molecule has 2 heterocycles. The molecule has 0 unspecified atom stereocenters. The predicted octanol–water partition coefficient (Wildman–Crippen LogP) is 3.70. The Morgan fingerprint density at radius 2 is 2.03 bits per heavy atom. The van der Waals surface area contributed by atoms with Crippen LogP contribution in [0.25, 0.3) is 5.82 Å². The molecule has 0 aliphatic rings. The maximum atomic E-state index is 13.0. The first kappa shape index (κ1) is 20.3. The van der Waals surface area contributed by atoms with Gasteiger partial charge in [-0.2, -0.15) is 28.2 Å². The van der Waals surface area contributed by atoms with E-state index < -0.39 is 23.7 Å². The van der Waals surface area contributed by atoms with Crippen molar-refractivity contribution in [3.63, 3.8) is 0 Å². The molecular weight excluding hydrogens is 409 g/mol. The van der Waals surface area contributed by atoms with Gasteiger partial charge in [-0.1, -0.05) is 11.6 Å². The highest BCUT2D eigenvalue weighted by Gasteiger charge is 2.32. The van der Waals surface area contributed by atoms with Gasteiger partial charge in [-0.15, -0.1) is 0 Å². The van der Waals surface area contributed by atoms with E-state index in [1.54, 1.807) is 19.1 Å². The largest absolute Gasteiger partial charge is 0.416 e. The van der Waals surface area contributed by atoms with Crippen molar-refractivity contribution in [1.82, 2.24) is 25.1 Å². The maximum absolute atomic E-state index is 13.0. The van der Waals surface area contributed by atoms with Crippen LogP contribution in [-0.2, 0) is 6.18 Å². The lowest BCUT2D eigenvalue weighted by molar-refractivity contribution is -0.137. The van der Waals surface area contributed by atoms with Gasteiger partial charge < -0.3 is 5.32 Å². The summed E-state index contributed by atoms with van der Waals surface area (Å²) in [7, 11) is 0. The van der Waals surface area contributed by atoms with Crippen molar-refractivity contribution in [2.45, 2.75) is 19.1 Å². The molecular formula is C18H12ClF3N6O. The minimum Gasteiger partial charge on any atom is -0.342 e. The van der Waals surface area contributed by atoms with Gasteiger partial charge in [-0.25, -0.2) is 9.97 Å². The van der Waals surface area contributed by atoms with E-state index in [9.17, 15) is 18.0 Å². The summed E-state index contributed by atoms with van der Waals surface area (Å²) < 4.78 is 40.2. The Morgan fingerprint density at radius 3 is 2.66 bits per heavy atom. The molecule has 0 bridgehead atoms. The number of halogens is 4. The summed E-state index contributed by atoms with van der Waals surface area (Å²) in [4.78, 5) is 20.7. The van der Waals surface area contributed by atoms with E-state index >= 15 is 0 Å². The number of nitrogens with zero attached hydrogens (tertiary/aromatic N) is 5. The fourth-order valence-electron chi connectivity index (χ4n) is 2.53. The van der Waals surface area contributed by atoms with Crippen LogP contribution in [0.3, 0.4) is 0 Å². The number of hydrogen-bond donors (Lipinski definition) is 1. The van der Waals surface area contributed by atoms with Gasteiger partial charge in [0, 0.05) is 16.8 Å². The Balaban J connectivity index is 1.84. The lowest BCUT2D eigenvalue weighted by Gasteiger charge is -2.15. The number of pyridine rings is 1. The van der Waals surface area contributed by atoms with Crippen molar-refractivity contribution < 1.29 is 18.0 Å². The zero-order valence-electron chi connectivity index (χ0n) is 14.8. The highest BCUT2D eigenvalue weighted by molar-refractivity contribution is 6.31. The van der Waals surface area contributed by atoms with Gasteiger partial charge in [0.2, 0.25) is 0 Å². The molecule has 1 amide bonds. The van der Waals surface area contributed by atoms with Crippen molar-refractivity contribution in [3.05, 3.63) is 70.4 Å². The number of nitrogens with one attached hydrogen (secondary N) is 1. The minimum atomic E-state index is -4.63. The lowest BCUT2D eigenvalue weighted by Crippen LogP contribution is -2.29. The normalized spacial score (nSPS) is 12.3. The molecule has 148 valence electrons. The first-order valence-electron chi connectivity index (χ1n) is 8.14. The third kappa shape index (κ3) is 4.52. The molecule has 7 nitrogen and oxygen atoms in total. The zero-order chi connectivity index (χ0) is 21.2. The molecule has 0 aliphatic heterocycles. The average molecular weight is 421 g/mol. The number of amides is 1. The summed E-state index contributed by atoms with van der Waals surface area (Å²) in [6, 6.07) is 6.94. The van der Waals surface area contributed by atoms with Crippen molar-refractivity contribution in [3.8, 4) is 11.9 Å². The smallest absolute Gasteiger partial charge is 0.342 e. The standard InChI is InChI=1S/C18H12ClF3N6O/c1-10(16-25-9-26-28(16)15-3-2-11(7-23)8-24-15)27-17(29)12-4-13(18(20,21)22)6-14(19)5-12/h2-6,8-10H,1H3,(H,27,29)/t10-/m0/s1. The molecule has 2 aromatic heterocycles. The number of nitriles is 1. The van der Waals surface area contributed by atoms with E-state index in [2.05, 4.69) is 20.4 Å².